The number of hydrogen-bond acceptors (Lipinski definition) is 4. The van der Waals surface area contributed by atoms with Crippen LogP contribution in [0.25, 0.3) is 11.3 Å². The van der Waals surface area contributed by atoms with Gasteiger partial charge in [-0.25, -0.2) is 4.79 Å². The van der Waals surface area contributed by atoms with Crippen molar-refractivity contribution >= 4 is 17.7 Å². The van der Waals surface area contributed by atoms with Crippen LogP contribution in [-0.2, 0) is 7.05 Å². The summed E-state index contributed by atoms with van der Waals surface area (Å²) in [5.74, 6) is 2.67. The fourth-order valence-corrected chi connectivity index (χ4v) is 4.14. The quantitative estimate of drug-likeness (QED) is 0.929. The molecule has 1 saturated heterocycles. The summed E-state index contributed by atoms with van der Waals surface area (Å²) in [5, 5.41) is 13.2. The number of carboxylic acid groups (broad SMARTS) is 1. The third-order valence-electron chi connectivity index (χ3n) is 4.29. The van der Waals surface area contributed by atoms with E-state index in [2.05, 4.69) is 17.2 Å². The first kappa shape index (κ1) is 15.9. The Bertz CT molecular complexity index is 721. The minimum atomic E-state index is -1.02. The van der Waals surface area contributed by atoms with E-state index in [0.29, 0.717) is 5.92 Å². The molecular formula is C17H20N2O3S. The number of ether oxygens (including phenoxy) is 1. The molecule has 0 spiro atoms. The number of aryl methyl sites for hydroxylation is 1. The number of rotatable bonds is 4. The van der Waals surface area contributed by atoms with Crippen LogP contribution in [0.5, 0.6) is 5.75 Å². The van der Waals surface area contributed by atoms with Gasteiger partial charge < -0.3 is 9.84 Å². The Labute approximate surface area is 139 Å². The Balaban J connectivity index is 2.04. The number of methoxy groups -OCH3 is 1. The maximum Gasteiger partial charge on any atom is 0.356 e. The standard InChI is InChI=1S/C17H20N2O3S/c1-19-15(10-14(18-19)17(20)21)13-9-12(3-4-16(13)22-2)11-5-7-23-8-6-11/h3-4,9-11H,5-8H2,1-2H3,(H,20,21). The van der Waals surface area contributed by atoms with E-state index in [4.69, 9.17) is 9.84 Å². The van der Waals surface area contributed by atoms with Crippen LogP contribution in [-0.4, -0.2) is 39.5 Å². The summed E-state index contributed by atoms with van der Waals surface area (Å²) in [6.07, 6.45) is 2.37. The normalized spacial score (nSPS) is 15.6. The maximum atomic E-state index is 11.2. The average molecular weight is 332 g/mol. The van der Waals surface area contributed by atoms with Crippen molar-refractivity contribution in [3.05, 3.63) is 35.5 Å². The number of aromatic carboxylic acids is 1. The Morgan fingerprint density at radius 3 is 2.70 bits per heavy atom. The molecule has 0 saturated carbocycles. The monoisotopic (exact) mass is 332 g/mol. The van der Waals surface area contributed by atoms with Gasteiger partial charge in [-0.05, 0) is 54.0 Å². The van der Waals surface area contributed by atoms with Gasteiger partial charge in [0.05, 0.1) is 12.8 Å². The summed E-state index contributed by atoms with van der Waals surface area (Å²) in [4.78, 5) is 11.2. The van der Waals surface area contributed by atoms with Crippen LogP contribution in [0.1, 0.15) is 34.8 Å². The zero-order valence-electron chi connectivity index (χ0n) is 13.3. The summed E-state index contributed by atoms with van der Waals surface area (Å²) in [6, 6.07) is 7.82. The zero-order chi connectivity index (χ0) is 16.4. The molecule has 1 N–H and O–H groups in total. The van der Waals surface area contributed by atoms with Crippen molar-refractivity contribution in [2.45, 2.75) is 18.8 Å². The number of benzene rings is 1. The van der Waals surface area contributed by atoms with Crippen molar-refractivity contribution in [2.24, 2.45) is 7.05 Å². The van der Waals surface area contributed by atoms with Crippen molar-refractivity contribution in [1.29, 1.82) is 0 Å². The summed E-state index contributed by atoms with van der Waals surface area (Å²) in [7, 11) is 3.38. The van der Waals surface area contributed by atoms with Crippen molar-refractivity contribution in [1.82, 2.24) is 9.78 Å². The van der Waals surface area contributed by atoms with E-state index < -0.39 is 5.97 Å². The van der Waals surface area contributed by atoms with Crippen LogP contribution < -0.4 is 4.74 Å². The van der Waals surface area contributed by atoms with Gasteiger partial charge in [0, 0.05) is 12.6 Å². The maximum absolute atomic E-state index is 11.2. The zero-order valence-corrected chi connectivity index (χ0v) is 14.1. The van der Waals surface area contributed by atoms with E-state index in [9.17, 15) is 4.79 Å². The molecule has 0 aliphatic carbocycles. The Morgan fingerprint density at radius 1 is 1.35 bits per heavy atom. The van der Waals surface area contributed by atoms with Crippen LogP contribution in [0.15, 0.2) is 24.3 Å². The van der Waals surface area contributed by atoms with Gasteiger partial charge >= 0.3 is 5.97 Å². The number of thioether (sulfide) groups is 1. The van der Waals surface area contributed by atoms with Gasteiger partial charge in [0.2, 0.25) is 0 Å². The van der Waals surface area contributed by atoms with Crippen molar-refractivity contribution < 1.29 is 14.6 Å². The third-order valence-corrected chi connectivity index (χ3v) is 5.34. The number of carbonyl (C=O) groups is 1. The molecule has 0 radical (unpaired) electrons. The molecule has 2 aromatic rings. The summed E-state index contributed by atoms with van der Waals surface area (Å²) in [6.45, 7) is 0. The second kappa shape index (κ2) is 6.66. The van der Waals surface area contributed by atoms with E-state index in [1.165, 1.54) is 29.9 Å². The lowest BCUT2D eigenvalue weighted by atomic mass is 9.91. The van der Waals surface area contributed by atoms with Gasteiger partial charge in [-0.1, -0.05) is 6.07 Å². The van der Waals surface area contributed by atoms with E-state index >= 15 is 0 Å². The molecule has 0 bridgehead atoms. The first-order chi connectivity index (χ1) is 11.1. The molecule has 5 nitrogen and oxygen atoms in total. The summed E-state index contributed by atoms with van der Waals surface area (Å²) < 4.78 is 7.07. The Kier molecular flexibility index (Phi) is 4.61. The van der Waals surface area contributed by atoms with Gasteiger partial charge in [-0.15, -0.1) is 0 Å². The molecule has 1 aliphatic rings. The van der Waals surface area contributed by atoms with Crippen LogP contribution in [0.4, 0.5) is 0 Å². The van der Waals surface area contributed by atoms with Crippen LogP contribution in [0.3, 0.4) is 0 Å². The molecule has 0 unspecified atom stereocenters. The smallest absolute Gasteiger partial charge is 0.356 e. The van der Waals surface area contributed by atoms with Crippen molar-refractivity contribution in [3.63, 3.8) is 0 Å². The number of aromatic nitrogens is 2. The highest BCUT2D eigenvalue weighted by Crippen LogP contribution is 2.37. The molecule has 1 fully saturated rings. The van der Waals surface area contributed by atoms with Gasteiger partial charge in [0.15, 0.2) is 5.69 Å². The molecule has 1 aliphatic heterocycles. The molecule has 122 valence electrons. The number of nitrogens with zero attached hydrogens (tertiary/aromatic N) is 2. The van der Waals surface area contributed by atoms with Crippen LogP contribution in [0, 0.1) is 0 Å². The highest BCUT2D eigenvalue weighted by atomic mass is 32.2. The molecule has 1 aromatic carbocycles. The SMILES string of the molecule is COc1ccc(C2CCSCC2)cc1-c1cc(C(=O)O)nn1C. The predicted octanol–water partition coefficient (Wildman–Crippen LogP) is 3.40. The number of carboxylic acids is 1. The molecule has 3 rings (SSSR count). The van der Waals surface area contributed by atoms with Crippen molar-refractivity contribution in [3.8, 4) is 17.0 Å². The van der Waals surface area contributed by atoms with E-state index in [0.717, 1.165) is 17.0 Å². The molecule has 6 heteroatoms. The minimum absolute atomic E-state index is 0.0454. The second-order valence-electron chi connectivity index (χ2n) is 5.69. The predicted molar refractivity (Wildman–Crippen MR) is 91.5 cm³/mol. The van der Waals surface area contributed by atoms with Gasteiger partial charge in [-0.3, -0.25) is 4.68 Å². The second-order valence-corrected chi connectivity index (χ2v) is 6.91. The molecule has 0 amide bonds. The minimum Gasteiger partial charge on any atom is -0.496 e. The first-order valence-corrected chi connectivity index (χ1v) is 8.79. The topological polar surface area (TPSA) is 64.3 Å². The van der Waals surface area contributed by atoms with Gasteiger partial charge in [0.25, 0.3) is 0 Å². The lowest BCUT2D eigenvalue weighted by molar-refractivity contribution is 0.0689. The largest absolute Gasteiger partial charge is 0.496 e. The highest BCUT2D eigenvalue weighted by Gasteiger charge is 2.20. The first-order valence-electron chi connectivity index (χ1n) is 7.63. The molecular weight excluding hydrogens is 312 g/mol. The third kappa shape index (κ3) is 3.22. The highest BCUT2D eigenvalue weighted by molar-refractivity contribution is 7.99. The summed E-state index contributed by atoms with van der Waals surface area (Å²) >= 11 is 2.01. The van der Waals surface area contributed by atoms with E-state index in [1.54, 1.807) is 24.9 Å². The van der Waals surface area contributed by atoms with Crippen LogP contribution in [0.2, 0.25) is 0 Å². The van der Waals surface area contributed by atoms with E-state index in [1.807, 2.05) is 17.8 Å². The van der Waals surface area contributed by atoms with Crippen LogP contribution >= 0.6 is 11.8 Å². The molecule has 2 heterocycles. The van der Waals surface area contributed by atoms with Gasteiger partial charge in [-0.2, -0.15) is 16.9 Å². The fourth-order valence-electron chi connectivity index (χ4n) is 3.03. The van der Waals surface area contributed by atoms with E-state index in [-0.39, 0.29) is 5.69 Å². The molecule has 1 aromatic heterocycles. The average Bonchev–Trinajstić information content (AvgIpc) is 2.97. The Hall–Kier alpha value is -1.95. The Morgan fingerprint density at radius 2 is 2.09 bits per heavy atom. The summed E-state index contributed by atoms with van der Waals surface area (Å²) in [5.41, 5.74) is 2.99. The van der Waals surface area contributed by atoms with Gasteiger partial charge in [0.1, 0.15) is 5.75 Å². The lowest BCUT2D eigenvalue weighted by Gasteiger charge is -2.23. The fraction of sp³-hybridized carbons (Fsp3) is 0.412. The van der Waals surface area contributed by atoms with Crippen molar-refractivity contribution in [2.75, 3.05) is 18.6 Å². The molecule has 0 atom stereocenters. The lowest BCUT2D eigenvalue weighted by Crippen LogP contribution is -2.08. The number of hydrogen-bond donors (Lipinski definition) is 1. The molecule has 23 heavy (non-hydrogen) atoms.